The number of allylic oxidation sites excluding steroid dienone is 1. The van der Waals surface area contributed by atoms with Gasteiger partial charge in [0.2, 0.25) is 0 Å². The Balaban J connectivity index is 0.00000281. The predicted molar refractivity (Wildman–Crippen MR) is 141 cm³/mol. The van der Waals surface area contributed by atoms with Gasteiger partial charge in [-0.2, -0.15) is 0 Å². The van der Waals surface area contributed by atoms with Crippen LogP contribution in [-0.4, -0.2) is 42.5 Å². The zero-order valence-electron chi connectivity index (χ0n) is 20.1. The van der Waals surface area contributed by atoms with Crippen molar-refractivity contribution in [2.45, 2.75) is 46.1 Å². The minimum Gasteiger partial charge on any atom is -0.480 e. The van der Waals surface area contributed by atoms with Gasteiger partial charge in [0.05, 0.1) is 15.6 Å². The van der Waals surface area contributed by atoms with Gasteiger partial charge in [0.15, 0.2) is 0 Å². The van der Waals surface area contributed by atoms with E-state index in [4.69, 9.17) is 23.2 Å². The summed E-state index contributed by atoms with van der Waals surface area (Å²) in [7, 11) is 1.75. The predicted octanol–water partition coefficient (Wildman–Crippen LogP) is 5.57. The molecule has 0 aliphatic rings. The van der Waals surface area contributed by atoms with Crippen molar-refractivity contribution in [2.24, 2.45) is 4.99 Å². The van der Waals surface area contributed by atoms with E-state index in [-0.39, 0.29) is 22.0 Å². The monoisotopic (exact) mass is 505 g/mol. The number of hydrogen-bond donors (Lipinski definition) is 3. The van der Waals surface area contributed by atoms with Crippen molar-refractivity contribution in [1.82, 2.24) is 10.6 Å². The lowest BCUT2D eigenvalue weighted by atomic mass is 10.0. The molecule has 0 fully saturated rings. The number of amides is 1. The van der Waals surface area contributed by atoms with Crippen LogP contribution in [0.5, 0.6) is 0 Å². The maximum atomic E-state index is 12.5. The number of nitrogens with zero attached hydrogens (tertiary/aromatic N) is 1. The van der Waals surface area contributed by atoms with Crippen molar-refractivity contribution in [3.8, 4) is 0 Å². The molecule has 2 rings (SSSR count). The molecule has 0 radical (unpaired) electrons. The Bertz CT molecular complexity index is 969. The molecular formula is C26H33Cl2N3O3. The van der Waals surface area contributed by atoms with Crippen LogP contribution >= 0.6 is 23.2 Å². The van der Waals surface area contributed by atoms with Crippen molar-refractivity contribution in [3.05, 3.63) is 81.4 Å². The first kappa shape index (κ1) is 29.2. The van der Waals surface area contributed by atoms with E-state index in [1.807, 2.05) is 57.2 Å². The van der Waals surface area contributed by atoms with Gasteiger partial charge in [-0.25, -0.2) is 4.79 Å². The summed E-state index contributed by atoms with van der Waals surface area (Å²) in [6, 6.07) is 11.3. The highest BCUT2D eigenvalue weighted by molar-refractivity contribution is 6.39. The van der Waals surface area contributed by atoms with Gasteiger partial charge >= 0.3 is 5.97 Å². The maximum Gasteiger partial charge on any atom is 0.326 e. The topological polar surface area (TPSA) is 90.8 Å². The standard InChI is InChI=1S/C24H27Cl2N3O3.C2H6/c1-3-6-21(27-2)28-14-5-7-16-10-12-17(13-11-16)15-20(24(31)32)29-23(30)22-18(25)8-4-9-19(22)26;1-2/h3-4,6,8-13,20H,5,7,14-15H2,1-2H3,(H,27,28)(H,29,30)(H,31,32);1-2H3/b6-3-;. The average Bonchev–Trinajstić information content (AvgIpc) is 2.82. The Hall–Kier alpha value is -2.83. The van der Waals surface area contributed by atoms with Crippen LogP contribution in [0.3, 0.4) is 0 Å². The van der Waals surface area contributed by atoms with Gasteiger partial charge in [-0.1, -0.05) is 73.5 Å². The Kier molecular flexibility index (Phi) is 13.7. The number of nitrogens with one attached hydrogen (secondary N) is 2. The van der Waals surface area contributed by atoms with Crippen LogP contribution in [-0.2, 0) is 17.6 Å². The van der Waals surface area contributed by atoms with Gasteiger partial charge in [-0.15, -0.1) is 0 Å². The van der Waals surface area contributed by atoms with Gasteiger partial charge in [0.25, 0.3) is 5.91 Å². The van der Waals surface area contributed by atoms with E-state index < -0.39 is 17.9 Å². The molecule has 1 atom stereocenters. The third-order valence-electron chi connectivity index (χ3n) is 4.77. The van der Waals surface area contributed by atoms with Crippen LogP contribution in [0.1, 0.15) is 48.7 Å². The van der Waals surface area contributed by atoms with Gasteiger partial charge in [0.1, 0.15) is 11.9 Å². The number of aliphatic carboxylic acids is 1. The minimum absolute atomic E-state index is 0.0664. The number of halogens is 2. The second-order valence-electron chi connectivity index (χ2n) is 7.12. The number of amidine groups is 1. The fourth-order valence-corrected chi connectivity index (χ4v) is 3.67. The van der Waals surface area contributed by atoms with E-state index in [1.54, 1.807) is 13.1 Å². The molecule has 0 saturated carbocycles. The summed E-state index contributed by atoms with van der Waals surface area (Å²) in [6.45, 7) is 6.75. The maximum absolute atomic E-state index is 12.5. The minimum atomic E-state index is -1.13. The molecule has 0 bridgehead atoms. The highest BCUT2D eigenvalue weighted by atomic mass is 35.5. The molecule has 1 amide bonds. The Labute approximate surface area is 212 Å². The molecule has 2 aromatic carbocycles. The number of rotatable bonds is 10. The van der Waals surface area contributed by atoms with E-state index in [1.165, 1.54) is 12.1 Å². The van der Waals surface area contributed by atoms with Gasteiger partial charge in [0, 0.05) is 20.0 Å². The summed E-state index contributed by atoms with van der Waals surface area (Å²) in [6.07, 6.45) is 5.81. The second-order valence-corrected chi connectivity index (χ2v) is 7.94. The lowest BCUT2D eigenvalue weighted by Gasteiger charge is -2.16. The Morgan fingerprint density at radius 3 is 2.18 bits per heavy atom. The van der Waals surface area contributed by atoms with Crippen molar-refractivity contribution in [2.75, 3.05) is 13.6 Å². The third-order valence-corrected chi connectivity index (χ3v) is 5.40. The van der Waals surface area contributed by atoms with Crippen LogP contribution in [0.25, 0.3) is 0 Å². The Morgan fingerprint density at radius 2 is 1.65 bits per heavy atom. The number of carbonyl (C=O) groups excluding carboxylic acids is 1. The SMILES string of the molecule is C/C=C\C(=NC)NCCCc1ccc(CC(NC(=O)c2c(Cl)cccc2Cl)C(=O)O)cc1.CC. The lowest BCUT2D eigenvalue weighted by Crippen LogP contribution is -2.42. The van der Waals surface area contributed by atoms with Crippen molar-refractivity contribution >= 4 is 40.9 Å². The van der Waals surface area contributed by atoms with Crippen LogP contribution in [0.4, 0.5) is 0 Å². The van der Waals surface area contributed by atoms with Gasteiger partial charge in [-0.3, -0.25) is 9.79 Å². The van der Waals surface area contributed by atoms with Crippen molar-refractivity contribution in [1.29, 1.82) is 0 Å². The molecule has 34 heavy (non-hydrogen) atoms. The van der Waals surface area contributed by atoms with E-state index in [2.05, 4.69) is 15.6 Å². The second kappa shape index (κ2) is 15.9. The summed E-state index contributed by atoms with van der Waals surface area (Å²) < 4.78 is 0. The molecule has 0 aliphatic heterocycles. The molecule has 3 N–H and O–H groups in total. The fraction of sp³-hybridized carbons (Fsp3) is 0.346. The van der Waals surface area contributed by atoms with Crippen molar-refractivity contribution < 1.29 is 14.7 Å². The molecule has 0 saturated heterocycles. The molecule has 8 heteroatoms. The zero-order chi connectivity index (χ0) is 25.5. The van der Waals surface area contributed by atoms with Crippen LogP contribution in [0.2, 0.25) is 10.0 Å². The van der Waals surface area contributed by atoms with E-state index >= 15 is 0 Å². The lowest BCUT2D eigenvalue weighted by molar-refractivity contribution is -0.139. The number of benzene rings is 2. The number of aliphatic imine (C=N–C) groups is 1. The van der Waals surface area contributed by atoms with Crippen LogP contribution in [0, 0.1) is 0 Å². The number of carboxylic acid groups (broad SMARTS) is 1. The third kappa shape index (κ3) is 9.57. The smallest absolute Gasteiger partial charge is 0.326 e. The molecule has 0 aromatic heterocycles. The molecule has 6 nitrogen and oxygen atoms in total. The number of carbonyl (C=O) groups is 2. The first-order valence-electron chi connectivity index (χ1n) is 11.2. The first-order valence-corrected chi connectivity index (χ1v) is 12.0. The fourth-order valence-electron chi connectivity index (χ4n) is 3.10. The van der Waals surface area contributed by atoms with Crippen molar-refractivity contribution in [3.63, 3.8) is 0 Å². The summed E-state index contributed by atoms with van der Waals surface area (Å²) in [5, 5.41) is 15.7. The quantitative estimate of drug-likeness (QED) is 0.223. The number of hydrogen-bond acceptors (Lipinski definition) is 3. The molecular weight excluding hydrogens is 473 g/mol. The van der Waals surface area contributed by atoms with E-state index in [0.717, 1.165) is 36.3 Å². The summed E-state index contributed by atoms with van der Waals surface area (Å²) >= 11 is 12.1. The Morgan fingerprint density at radius 1 is 1.06 bits per heavy atom. The van der Waals surface area contributed by atoms with E-state index in [9.17, 15) is 14.7 Å². The zero-order valence-corrected chi connectivity index (χ0v) is 21.6. The summed E-state index contributed by atoms with van der Waals surface area (Å²) in [4.78, 5) is 28.4. The van der Waals surface area contributed by atoms with E-state index in [0.29, 0.717) is 0 Å². The molecule has 0 aliphatic carbocycles. The first-order chi connectivity index (χ1) is 16.3. The molecule has 1 unspecified atom stereocenters. The summed E-state index contributed by atoms with van der Waals surface area (Å²) in [5.74, 6) is -0.904. The normalized spacial score (nSPS) is 12.0. The van der Waals surface area contributed by atoms with Gasteiger partial charge in [-0.05, 0) is 49.1 Å². The number of aryl methyl sites for hydroxylation is 1. The highest BCUT2D eigenvalue weighted by Crippen LogP contribution is 2.24. The van der Waals surface area contributed by atoms with Crippen LogP contribution < -0.4 is 10.6 Å². The van der Waals surface area contributed by atoms with Gasteiger partial charge < -0.3 is 15.7 Å². The molecule has 0 heterocycles. The average molecular weight is 506 g/mol. The molecule has 0 spiro atoms. The van der Waals surface area contributed by atoms with Crippen LogP contribution in [0.15, 0.2) is 59.6 Å². The molecule has 184 valence electrons. The summed E-state index contributed by atoms with van der Waals surface area (Å²) in [5.41, 5.74) is 2.02. The molecule has 2 aromatic rings. The highest BCUT2D eigenvalue weighted by Gasteiger charge is 2.23. The number of carboxylic acids is 1. The largest absolute Gasteiger partial charge is 0.480 e.